The molecule has 0 spiro atoms. The molecule has 1 fully saturated rings. The summed E-state index contributed by atoms with van der Waals surface area (Å²) in [6.07, 6.45) is 3.14. The smallest absolute Gasteiger partial charge is 0.316 e. The summed E-state index contributed by atoms with van der Waals surface area (Å²) < 4.78 is 32.3. The predicted octanol–water partition coefficient (Wildman–Crippen LogP) is 5.37. The topological polar surface area (TPSA) is 46.6 Å². The Bertz CT molecular complexity index is 920. The highest BCUT2D eigenvalue weighted by Crippen LogP contribution is 2.34. The molecule has 6 heteroatoms. The van der Waals surface area contributed by atoms with Gasteiger partial charge in [-0.15, -0.1) is 0 Å². The van der Waals surface area contributed by atoms with Crippen LogP contribution in [0.1, 0.15) is 50.7 Å². The number of ether oxygens (including phenoxy) is 1. The summed E-state index contributed by atoms with van der Waals surface area (Å²) in [6.45, 7) is 4.67. The molecule has 170 valence electrons. The summed E-state index contributed by atoms with van der Waals surface area (Å²) in [5.74, 6) is -2.13. The van der Waals surface area contributed by atoms with Gasteiger partial charge < -0.3 is 9.64 Å². The van der Waals surface area contributed by atoms with Gasteiger partial charge >= 0.3 is 5.97 Å². The van der Waals surface area contributed by atoms with Crippen molar-refractivity contribution in [2.24, 2.45) is 5.92 Å². The van der Waals surface area contributed by atoms with Crippen molar-refractivity contribution in [1.82, 2.24) is 4.90 Å². The lowest BCUT2D eigenvalue weighted by Crippen LogP contribution is -2.34. The lowest BCUT2D eigenvalue weighted by Gasteiger charge is -2.35. The lowest BCUT2D eigenvalue weighted by molar-refractivity contribution is -0.151. The fraction of sp³-hybridized carbons (Fsp3) is 0.385. The second-order valence-corrected chi connectivity index (χ2v) is 7.98. The molecular weight excluding hydrogens is 412 g/mol. The van der Waals surface area contributed by atoms with Crippen LogP contribution >= 0.6 is 0 Å². The number of hydrogen-bond acceptors (Lipinski definition) is 4. The highest BCUT2D eigenvalue weighted by atomic mass is 19.1. The number of nitrogens with zero attached hydrogens (tertiary/aromatic N) is 1. The highest BCUT2D eigenvalue weighted by molar-refractivity contribution is 5.97. The first-order valence-electron chi connectivity index (χ1n) is 11.1. The van der Waals surface area contributed by atoms with Gasteiger partial charge in [0.25, 0.3) is 0 Å². The Labute approximate surface area is 187 Å². The van der Waals surface area contributed by atoms with E-state index in [-0.39, 0.29) is 24.0 Å². The number of Topliss-reactive ketones (excluding diaryl/α,β-unsaturated/α-hetero) is 1. The molecule has 1 heterocycles. The highest BCUT2D eigenvalue weighted by Gasteiger charge is 2.27. The average Bonchev–Trinajstić information content (AvgIpc) is 2.77. The third kappa shape index (κ3) is 5.81. The number of allylic oxidation sites excluding steroid dienone is 1. The first-order valence-corrected chi connectivity index (χ1v) is 11.1. The van der Waals surface area contributed by atoms with Crippen LogP contribution < -0.4 is 0 Å². The molecule has 2 aromatic rings. The first-order chi connectivity index (χ1) is 15.4. The van der Waals surface area contributed by atoms with Crippen molar-refractivity contribution in [3.05, 3.63) is 77.0 Å². The van der Waals surface area contributed by atoms with E-state index in [1.165, 1.54) is 31.2 Å². The van der Waals surface area contributed by atoms with Crippen molar-refractivity contribution in [1.29, 1.82) is 0 Å². The molecule has 0 N–H and O–H groups in total. The SMILES string of the molecule is CCOC(=O)C(CCN1CCCCC1=C(c1ccc(F)cc1)c1ccc(F)cc1)C(C)=O. The van der Waals surface area contributed by atoms with Crippen LogP contribution in [0.25, 0.3) is 5.57 Å². The van der Waals surface area contributed by atoms with E-state index in [2.05, 4.69) is 4.90 Å². The molecule has 0 radical (unpaired) electrons. The zero-order chi connectivity index (χ0) is 23.1. The number of carbonyl (C=O) groups excluding carboxylic acids is 2. The molecule has 32 heavy (non-hydrogen) atoms. The normalized spacial score (nSPS) is 14.8. The van der Waals surface area contributed by atoms with Gasteiger partial charge in [0.15, 0.2) is 0 Å². The van der Waals surface area contributed by atoms with E-state index in [1.54, 1.807) is 31.2 Å². The average molecular weight is 442 g/mol. The molecule has 1 aliphatic heterocycles. The van der Waals surface area contributed by atoms with Crippen molar-refractivity contribution >= 4 is 17.3 Å². The van der Waals surface area contributed by atoms with Gasteiger partial charge in [-0.25, -0.2) is 8.78 Å². The number of carbonyl (C=O) groups is 2. The van der Waals surface area contributed by atoms with E-state index in [0.717, 1.165) is 48.2 Å². The maximum Gasteiger partial charge on any atom is 0.316 e. The molecule has 0 aromatic heterocycles. The number of ketones is 1. The van der Waals surface area contributed by atoms with Crippen molar-refractivity contribution < 1.29 is 23.1 Å². The molecule has 0 bridgehead atoms. The minimum atomic E-state index is -0.793. The number of hydrogen-bond donors (Lipinski definition) is 0. The Balaban J connectivity index is 1.98. The molecule has 4 nitrogen and oxygen atoms in total. The summed E-state index contributed by atoms with van der Waals surface area (Å²) in [7, 11) is 0. The second-order valence-electron chi connectivity index (χ2n) is 7.98. The summed E-state index contributed by atoms with van der Waals surface area (Å²) in [5, 5.41) is 0. The Hall–Kier alpha value is -3.02. The largest absolute Gasteiger partial charge is 0.465 e. The van der Waals surface area contributed by atoms with Gasteiger partial charge in [-0.3, -0.25) is 9.59 Å². The van der Waals surface area contributed by atoms with Crippen LogP contribution in [0.3, 0.4) is 0 Å². The zero-order valence-corrected chi connectivity index (χ0v) is 18.6. The molecule has 1 unspecified atom stereocenters. The maximum atomic E-state index is 13.6. The van der Waals surface area contributed by atoms with Gasteiger partial charge in [0.05, 0.1) is 6.61 Å². The molecule has 0 aliphatic carbocycles. The molecule has 2 aromatic carbocycles. The zero-order valence-electron chi connectivity index (χ0n) is 18.6. The summed E-state index contributed by atoms with van der Waals surface area (Å²) in [5.41, 5.74) is 3.66. The van der Waals surface area contributed by atoms with Gasteiger partial charge in [-0.2, -0.15) is 0 Å². The fourth-order valence-electron chi connectivity index (χ4n) is 4.17. The van der Waals surface area contributed by atoms with Crippen LogP contribution in [0, 0.1) is 17.6 Å². The predicted molar refractivity (Wildman–Crippen MR) is 120 cm³/mol. The standard InChI is InChI=1S/C26H29F2NO3/c1-3-32-26(31)23(18(2)30)15-17-29-16-5-4-6-24(29)25(19-7-11-21(27)12-8-19)20-9-13-22(28)14-10-20/h7-14,23H,3-6,15-17H2,1-2H3. The summed E-state index contributed by atoms with van der Waals surface area (Å²) in [4.78, 5) is 26.5. The van der Waals surface area contributed by atoms with Crippen molar-refractivity contribution in [3.8, 4) is 0 Å². The van der Waals surface area contributed by atoms with Gasteiger partial charge in [0.1, 0.15) is 23.3 Å². The maximum absolute atomic E-state index is 13.6. The minimum absolute atomic E-state index is 0.205. The monoisotopic (exact) mass is 441 g/mol. The molecule has 0 saturated carbocycles. The second kappa shape index (κ2) is 11.0. The van der Waals surface area contributed by atoms with Crippen molar-refractivity contribution in [2.45, 2.75) is 39.5 Å². The first kappa shape index (κ1) is 23.6. The van der Waals surface area contributed by atoms with Gasteiger partial charge in [0, 0.05) is 24.4 Å². The van der Waals surface area contributed by atoms with Crippen LogP contribution in [0.2, 0.25) is 0 Å². The fourth-order valence-corrected chi connectivity index (χ4v) is 4.17. The third-order valence-corrected chi connectivity index (χ3v) is 5.78. The van der Waals surface area contributed by atoms with Gasteiger partial charge in [-0.05, 0) is 74.9 Å². The molecule has 3 rings (SSSR count). The Kier molecular flexibility index (Phi) is 8.14. The number of piperidine rings is 1. The minimum Gasteiger partial charge on any atom is -0.465 e. The lowest BCUT2D eigenvalue weighted by atomic mass is 9.91. The molecule has 1 saturated heterocycles. The van der Waals surface area contributed by atoms with Crippen LogP contribution in [-0.4, -0.2) is 36.3 Å². The Morgan fingerprint density at radius 3 is 2.03 bits per heavy atom. The Morgan fingerprint density at radius 2 is 1.53 bits per heavy atom. The number of esters is 1. The van der Waals surface area contributed by atoms with E-state index < -0.39 is 11.9 Å². The molecule has 1 atom stereocenters. The molecular formula is C26H29F2NO3. The van der Waals surface area contributed by atoms with Crippen LogP contribution in [0.4, 0.5) is 8.78 Å². The summed E-state index contributed by atoms with van der Waals surface area (Å²) >= 11 is 0. The van der Waals surface area contributed by atoms with E-state index in [1.807, 2.05) is 0 Å². The van der Waals surface area contributed by atoms with Crippen molar-refractivity contribution in [2.75, 3.05) is 19.7 Å². The van der Waals surface area contributed by atoms with Gasteiger partial charge in [-0.1, -0.05) is 24.3 Å². The molecule has 0 amide bonds. The number of likely N-dealkylation sites (tertiary alicyclic amines) is 1. The number of rotatable bonds is 8. The van der Waals surface area contributed by atoms with E-state index in [4.69, 9.17) is 4.74 Å². The van der Waals surface area contributed by atoms with Crippen LogP contribution in [-0.2, 0) is 14.3 Å². The van der Waals surface area contributed by atoms with Crippen LogP contribution in [0.5, 0.6) is 0 Å². The Morgan fingerprint density at radius 1 is 0.969 bits per heavy atom. The number of benzene rings is 2. The van der Waals surface area contributed by atoms with E-state index in [9.17, 15) is 18.4 Å². The van der Waals surface area contributed by atoms with E-state index in [0.29, 0.717) is 13.0 Å². The quantitative estimate of drug-likeness (QED) is 0.408. The third-order valence-electron chi connectivity index (χ3n) is 5.78. The summed E-state index contributed by atoms with van der Waals surface area (Å²) in [6, 6.07) is 12.6. The number of halogens is 2. The molecule has 1 aliphatic rings. The van der Waals surface area contributed by atoms with Crippen molar-refractivity contribution in [3.63, 3.8) is 0 Å². The van der Waals surface area contributed by atoms with Gasteiger partial charge in [0.2, 0.25) is 0 Å². The van der Waals surface area contributed by atoms with Crippen LogP contribution in [0.15, 0.2) is 54.2 Å². The van der Waals surface area contributed by atoms with E-state index >= 15 is 0 Å².